The molecule has 0 atom stereocenters. The van der Waals surface area contributed by atoms with E-state index in [0.29, 0.717) is 5.92 Å². The number of nitrogens with zero attached hydrogens (tertiary/aromatic N) is 1. The maximum Gasteiger partial charge on any atom is 0.416 e. The van der Waals surface area contributed by atoms with Crippen molar-refractivity contribution >= 4 is 23.3 Å². The topological polar surface area (TPSA) is 69.8 Å². The second-order valence-electron chi connectivity index (χ2n) is 8.69. The lowest BCUT2D eigenvalue weighted by Gasteiger charge is -2.29. The van der Waals surface area contributed by atoms with E-state index < -0.39 is 17.6 Å². The predicted octanol–water partition coefficient (Wildman–Crippen LogP) is 6.46. The summed E-state index contributed by atoms with van der Waals surface area (Å²) in [7, 11) is 0. The molecule has 9 heteroatoms. The molecule has 5 nitrogen and oxygen atoms in total. The number of anilines is 1. The van der Waals surface area contributed by atoms with Crippen molar-refractivity contribution in [2.24, 2.45) is 5.92 Å². The van der Waals surface area contributed by atoms with Crippen LogP contribution in [0.5, 0.6) is 0 Å². The Hall–Kier alpha value is -3.00. The first kappa shape index (κ1) is 24.1. The van der Waals surface area contributed by atoms with Crippen LogP contribution in [0, 0.1) is 12.8 Å². The molecule has 3 N–H and O–H groups in total. The number of alkyl halides is 3. The third kappa shape index (κ3) is 5.55. The molecule has 1 amide bonds. The van der Waals surface area contributed by atoms with Gasteiger partial charge in [0.2, 0.25) is 0 Å². The molecule has 0 radical (unpaired) electrons. The summed E-state index contributed by atoms with van der Waals surface area (Å²) in [5.74, 6) is 0.731. The van der Waals surface area contributed by atoms with Crippen LogP contribution in [-0.4, -0.2) is 28.7 Å². The number of amides is 1. The first-order chi connectivity index (χ1) is 16.2. The van der Waals surface area contributed by atoms with Crippen LogP contribution in [0.3, 0.4) is 0 Å². The van der Waals surface area contributed by atoms with Gasteiger partial charge in [0.1, 0.15) is 5.82 Å². The third-order valence-electron chi connectivity index (χ3n) is 6.30. The molecule has 1 aliphatic carbocycles. The molecule has 4 rings (SSSR count). The number of rotatable bonds is 6. The lowest BCUT2D eigenvalue weighted by molar-refractivity contribution is -0.137. The van der Waals surface area contributed by atoms with E-state index in [4.69, 9.17) is 11.6 Å². The summed E-state index contributed by atoms with van der Waals surface area (Å²) in [6.45, 7) is 2.73. The fourth-order valence-electron chi connectivity index (χ4n) is 4.41. The van der Waals surface area contributed by atoms with Gasteiger partial charge in [-0.05, 0) is 62.3 Å². The first-order valence-corrected chi connectivity index (χ1v) is 11.6. The van der Waals surface area contributed by atoms with E-state index in [-0.39, 0.29) is 16.6 Å². The van der Waals surface area contributed by atoms with E-state index in [1.54, 1.807) is 0 Å². The highest BCUT2D eigenvalue weighted by Crippen LogP contribution is 2.33. The Morgan fingerprint density at radius 3 is 2.50 bits per heavy atom. The molecule has 0 bridgehead atoms. The summed E-state index contributed by atoms with van der Waals surface area (Å²) < 4.78 is 39.0. The smallest absolute Gasteiger partial charge is 0.370 e. The Morgan fingerprint density at radius 1 is 1.12 bits per heavy atom. The molecule has 0 spiro atoms. The van der Waals surface area contributed by atoms with Crippen molar-refractivity contribution in [3.8, 4) is 11.1 Å². The van der Waals surface area contributed by atoms with Crippen LogP contribution in [0.15, 0.2) is 48.5 Å². The van der Waals surface area contributed by atoms with Gasteiger partial charge in [-0.3, -0.25) is 9.89 Å². The zero-order valence-electron chi connectivity index (χ0n) is 18.7. The number of hydrogen-bond acceptors (Lipinski definition) is 3. The average Bonchev–Trinajstić information content (AvgIpc) is 3.19. The minimum absolute atomic E-state index is 0.00690. The standard InChI is InChI=1S/C25H26ClF3N4O/c1-15-22(17-5-3-2-4-6-17)23(33-32-15)30-14-16-7-10-19(11-8-16)31-24(34)20-13-18(25(27,28)29)9-12-21(20)26/h2-6,9,12-13,16,19H,7-8,10-11,14H2,1H3,(H,31,34)(H2,30,32,33). The van der Waals surface area contributed by atoms with E-state index >= 15 is 0 Å². The molecule has 1 aromatic heterocycles. The maximum atomic E-state index is 13.0. The molecular formula is C25H26ClF3N4O. The third-order valence-corrected chi connectivity index (χ3v) is 6.63. The molecule has 2 aromatic carbocycles. The summed E-state index contributed by atoms with van der Waals surface area (Å²) in [5.41, 5.74) is 2.04. The second-order valence-corrected chi connectivity index (χ2v) is 9.10. The van der Waals surface area contributed by atoms with Crippen molar-refractivity contribution in [2.45, 2.75) is 44.8 Å². The number of aromatic amines is 1. The van der Waals surface area contributed by atoms with Crippen molar-refractivity contribution in [3.05, 3.63) is 70.4 Å². The lowest BCUT2D eigenvalue weighted by Crippen LogP contribution is -2.38. The van der Waals surface area contributed by atoms with Crippen molar-refractivity contribution in [1.82, 2.24) is 15.5 Å². The number of nitrogens with one attached hydrogen (secondary N) is 3. The Kier molecular flexibility index (Phi) is 7.16. The molecule has 1 saturated carbocycles. The number of carbonyl (C=O) groups is 1. The van der Waals surface area contributed by atoms with Crippen LogP contribution < -0.4 is 10.6 Å². The molecule has 1 fully saturated rings. The molecule has 34 heavy (non-hydrogen) atoms. The highest BCUT2D eigenvalue weighted by Gasteiger charge is 2.32. The van der Waals surface area contributed by atoms with Gasteiger partial charge in [-0.1, -0.05) is 41.9 Å². The van der Waals surface area contributed by atoms with Crippen LogP contribution >= 0.6 is 11.6 Å². The molecule has 1 heterocycles. The van der Waals surface area contributed by atoms with Gasteiger partial charge in [0.05, 0.1) is 21.8 Å². The van der Waals surface area contributed by atoms with Crippen LogP contribution in [0.1, 0.15) is 47.3 Å². The quantitative estimate of drug-likeness (QED) is 0.371. The second kappa shape index (κ2) is 10.1. The van der Waals surface area contributed by atoms with E-state index in [0.717, 1.165) is 73.1 Å². The minimum Gasteiger partial charge on any atom is -0.370 e. The average molecular weight is 491 g/mol. The van der Waals surface area contributed by atoms with Gasteiger partial charge in [-0.25, -0.2) is 0 Å². The summed E-state index contributed by atoms with van der Waals surface area (Å²) in [4.78, 5) is 12.6. The number of aromatic nitrogens is 2. The van der Waals surface area contributed by atoms with E-state index in [9.17, 15) is 18.0 Å². The summed E-state index contributed by atoms with van der Waals surface area (Å²) in [6.07, 6.45) is -1.24. The fourth-order valence-corrected chi connectivity index (χ4v) is 4.62. The van der Waals surface area contributed by atoms with Crippen molar-refractivity contribution in [2.75, 3.05) is 11.9 Å². The van der Waals surface area contributed by atoms with Crippen molar-refractivity contribution in [1.29, 1.82) is 0 Å². The molecule has 0 unspecified atom stereocenters. The van der Waals surface area contributed by atoms with Crippen LogP contribution in [0.4, 0.5) is 19.0 Å². The minimum atomic E-state index is -4.53. The molecule has 1 aliphatic rings. The monoisotopic (exact) mass is 490 g/mol. The number of halogens is 4. The number of hydrogen-bond donors (Lipinski definition) is 3. The van der Waals surface area contributed by atoms with Gasteiger partial charge < -0.3 is 10.6 Å². The molecule has 0 aliphatic heterocycles. The number of benzene rings is 2. The number of carbonyl (C=O) groups excluding carboxylic acids is 1. The van der Waals surface area contributed by atoms with Gasteiger partial charge in [-0.15, -0.1) is 0 Å². The zero-order valence-corrected chi connectivity index (χ0v) is 19.4. The SMILES string of the molecule is Cc1n[nH]c(NCC2CCC(NC(=O)c3cc(C(F)(F)F)ccc3Cl)CC2)c1-c1ccccc1. The van der Waals surface area contributed by atoms with Gasteiger partial charge in [0.25, 0.3) is 5.91 Å². The van der Waals surface area contributed by atoms with Crippen LogP contribution in [0.2, 0.25) is 5.02 Å². The zero-order chi connectivity index (χ0) is 24.3. The number of H-pyrrole nitrogens is 1. The highest BCUT2D eigenvalue weighted by atomic mass is 35.5. The first-order valence-electron chi connectivity index (χ1n) is 11.2. The molecule has 180 valence electrons. The van der Waals surface area contributed by atoms with Gasteiger partial charge >= 0.3 is 6.18 Å². The van der Waals surface area contributed by atoms with Gasteiger partial charge in [0, 0.05) is 18.2 Å². The van der Waals surface area contributed by atoms with Crippen molar-refractivity contribution < 1.29 is 18.0 Å². The number of aryl methyl sites for hydroxylation is 1. The summed E-state index contributed by atoms with van der Waals surface area (Å²) >= 11 is 6.00. The normalized spacial score (nSPS) is 18.5. The van der Waals surface area contributed by atoms with Crippen LogP contribution in [-0.2, 0) is 6.18 Å². The van der Waals surface area contributed by atoms with Crippen molar-refractivity contribution in [3.63, 3.8) is 0 Å². The van der Waals surface area contributed by atoms with Crippen LogP contribution in [0.25, 0.3) is 11.1 Å². The van der Waals surface area contributed by atoms with Gasteiger partial charge in [-0.2, -0.15) is 18.3 Å². The van der Waals surface area contributed by atoms with Gasteiger partial charge in [0.15, 0.2) is 0 Å². The Bertz CT molecular complexity index is 1140. The maximum absolute atomic E-state index is 13.0. The molecule has 3 aromatic rings. The highest BCUT2D eigenvalue weighted by molar-refractivity contribution is 6.33. The Morgan fingerprint density at radius 2 is 1.82 bits per heavy atom. The van der Waals surface area contributed by atoms with E-state index in [1.807, 2.05) is 37.3 Å². The summed E-state index contributed by atoms with van der Waals surface area (Å²) in [5, 5.41) is 13.8. The largest absolute Gasteiger partial charge is 0.416 e. The summed E-state index contributed by atoms with van der Waals surface area (Å²) in [6, 6.07) is 12.8. The Balaban J connectivity index is 1.31. The predicted molar refractivity (Wildman–Crippen MR) is 127 cm³/mol. The lowest BCUT2D eigenvalue weighted by atomic mass is 9.86. The molecule has 0 saturated heterocycles. The fraction of sp³-hybridized carbons (Fsp3) is 0.360. The van der Waals surface area contributed by atoms with E-state index in [1.165, 1.54) is 0 Å². The van der Waals surface area contributed by atoms with E-state index in [2.05, 4.69) is 20.8 Å². The molecular weight excluding hydrogens is 465 g/mol. The Labute approximate surface area is 201 Å².